The number of guanidine groups is 2. The van der Waals surface area contributed by atoms with Crippen molar-refractivity contribution in [2.75, 3.05) is 12.4 Å². The number of thioether (sulfide) groups is 1. The quantitative estimate of drug-likeness (QED) is 0.608. The van der Waals surface area contributed by atoms with Crippen molar-refractivity contribution in [1.29, 1.82) is 0 Å². The van der Waals surface area contributed by atoms with Gasteiger partial charge < -0.3 is 11.5 Å². The lowest BCUT2D eigenvalue weighted by atomic mass is 10.2. The summed E-state index contributed by atoms with van der Waals surface area (Å²) in [5, 5.41) is 1.49. The predicted octanol–water partition coefficient (Wildman–Crippen LogP) is 1.97. The third-order valence-electron chi connectivity index (χ3n) is 2.64. The lowest BCUT2D eigenvalue weighted by Gasteiger charge is -2.36. The minimum absolute atomic E-state index is 0. The van der Waals surface area contributed by atoms with Crippen LogP contribution < -0.4 is 11.5 Å². The topological polar surface area (TPSA) is 89.2 Å². The second-order valence-electron chi connectivity index (χ2n) is 4.72. The van der Waals surface area contributed by atoms with Crippen LogP contribution in [0.25, 0.3) is 0 Å². The first kappa shape index (κ1) is 17.8. The first-order valence-corrected chi connectivity index (χ1v) is 7.28. The maximum atomic E-state index is 5.82. The molecule has 0 atom stereocenters. The van der Waals surface area contributed by atoms with Gasteiger partial charge in [-0.15, -0.1) is 28.7 Å². The third-order valence-corrected chi connectivity index (χ3v) is 3.61. The highest BCUT2D eigenvalue weighted by atomic mass is 79.9. The highest BCUT2D eigenvalue weighted by Crippen LogP contribution is 2.21. The Balaban J connectivity index is 0.00000220. The second-order valence-corrected chi connectivity index (χ2v) is 5.89. The van der Waals surface area contributed by atoms with Crippen LogP contribution in [0.1, 0.15) is 13.8 Å². The molecule has 1 heterocycles. The highest BCUT2D eigenvalue weighted by molar-refractivity contribution is 8.93. The first-order chi connectivity index (χ1) is 9.49. The lowest BCUT2D eigenvalue weighted by molar-refractivity contribution is -0.151. The Bertz CT molecular complexity index is 521. The van der Waals surface area contributed by atoms with Gasteiger partial charge in [0.2, 0.25) is 11.9 Å². The molecular formula is C13H20BrN5OS. The van der Waals surface area contributed by atoms with Crippen LogP contribution in [0.3, 0.4) is 0 Å². The molecule has 0 aromatic heterocycles. The lowest BCUT2D eigenvalue weighted by Crippen LogP contribution is -2.53. The van der Waals surface area contributed by atoms with Crippen molar-refractivity contribution in [3.63, 3.8) is 0 Å². The van der Waals surface area contributed by atoms with Gasteiger partial charge in [-0.25, -0.2) is 4.99 Å². The van der Waals surface area contributed by atoms with Crippen LogP contribution in [0.15, 0.2) is 45.2 Å². The molecule has 0 unspecified atom stereocenters. The van der Waals surface area contributed by atoms with Gasteiger partial charge in [0.25, 0.3) is 0 Å². The van der Waals surface area contributed by atoms with Crippen molar-refractivity contribution in [1.82, 2.24) is 5.06 Å². The smallest absolute Gasteiger partial charge is 0.226 e. The number of hydrogen-bond donors (Lipinski definition) is 2. The molecule has 0 spiro atoms. The average molecular weight is 374 g/mol. The number of nitrogens with zero attached hydrogens (tertiary/aromatic N) is 3. The van der Waals surface area contributed by atoms with Crippen LogP contribution in [0.4, 0.5) is 0 Å². The summed E-state index contributed by atoms with van der Waals surface area (Å²) in [5.41, 5.74) is 10.8. The first-order valence-electron chi connectivity index (χ1n) is 6.29. The fourth-order valence-electron chi connectivity index (χ4n) is 1.82. The van der Waals surface area contributed by atoms with Crippen molar-refractivity contribution in [2.45, 2.75) is 24.4 Å². The van der Waals surface area contributed by atoms with Gasteiger partial charge in [-0.2, -0.15) is 10.1 Å². The van der Waals surface area contributed by atoms with E-state index in [1.165, 1.54) is 9.96 Å². The Morgan fingerprint density at radius 2 is 1.90 bits per heavy atom. The fourth-order valence-corrected chi connectivity index (χ4v) is 2.57. The fraction of sp³-hybridized carbons (Fsp3) is 0.385. The molecule has 6 nitrogen and oxygen atoms in total. The standard InChI is InChI=1S/C13H19N5OS.BrH/c1-13(2)17-11(14)16-12(15)18(13)19-8-9-20-10-6-4-3-5-7-10;/h3-7H,8-9H2,1-2H3,(H4,14,15,16,17);1H. The summed E-state index contributed by atoms with van der Waals surface area (Å²) in [7, 11) is 0. The molecule has 8 heteroatoms. The minimum atomic E-state index is -0.646. The molecule has 2 rings (SSSR count). The van der Waals surface area contributed by atoms with Gasteiger partial charge in [-0.3, -0.25) is 4.84 Å². The van der Waals surface area contributed by atoms with E-state index < -0.39 is 5.66 Å². The van der Waals surface area contributed by atoms with Crippen molar-refractivity contribution in [2.24, 2.45) is 21.5 Å². The Labute approximate surface area is 139 Å². The average Bonchev–Trinajstić information content (AvgIpc) is 2.37. The van der Waals surface area contributed by atoms with E-state index in [9.17, 15) is 0 Å². The largest absolute Gasteiger partial charge is 0.368 e. The number of hydroxylamine groups is 2. The van der Waals surface area contributed by atoms with E-state index in [0.29, 0.717) is 6.61 Å². The summed E-state index contributed by atoms with van der Waals surface area (Å²) < 4.78 is 0. The molecule has 1 aliphatic heterocycles. The van der Waals surface area contributed by atoms with Gasteiger partial charge >= 0.3 is 0 Å². The summed E-state index contributed by atoms with van der Waals surface area (Å²) in [6.07, 6.45) is 0. The van der Waals surface area contributed by atoms with E-state index >= 15 is 0 Å². The van der Waals surface area contributed by atoms with E-state index in [1.807, 2.05) is 32.0 Å². The van der Waals surface area contributed by atoms with Crippen LogP contribution in [-0.4, -0.2) is 35.0 Å². The normalized spacial score (nSPS) is 16.8. The zero-order valence-corrected chi connectivity index (χ0v) is 14.6. The summed E-state index contributed by atoms with van der Waals surface area (Å²) in [5.74, 6) is 1.21. The second kappa shape index (κ2) is 7.67. The number of benzene rings is 1. The van der Waals surface area contributed by atoms with Crippen molar-refractivity contribution < 1.29 is 4.84 Å². The van der Waals surface area contributed by atoms with Gasteiger partial charge in [-0.1, -0.05) is 18.2 Å². The van der Waals surface area contributed by atoms with E-state index in [0.717, 1.165) is 5.75 Å². The van der Waals surface area contributed by atoms with E-state index in [4.69, 9.17) is 16.3 Å². The molecule has 1 aromatic carbocycles. The number of halogens is 1. The third kappa shape index (κ3) is 4.90. The molecule has 0 saturated heterocycles. The molecular weight excluding hydrogens is 354 g/mol. The zero-order chi connectivity index (χ0) is 14.6. The number of rotatable bonds is 5. The van der Waals surface area contributed by atoms with Gasteiger partial charge in [0, 0.05) is 10.6 Å². The van der Waals surface area contributed by atoms with Gasteiger partial charge in [0.1, 0.15) is 0 Å². The van der Waals surface area contributed by atoms with E-state index in [1.54, 1.807) is 11.8 Å². The van der Waals surface area contributed by atoms with Crippen LogP contribution >= 0.6 is 28.7 Å². The Morgan fingerprint density at radius 1 is 1.24 bits per heavy atom. The molecule has 0 amide bonds. The number of hydrogen-bond acceptors (Lipinski definition) is 7. The zero-order valence-electron chi connectivity index (χ0n) is 12.0. The summed E-state index contributed by atoms with van der Waals surface area (Å²) in [6.45, 7) is 4.24. The summed E-state index contributed by atoms with van der Waals surface area (Å²) >= 11 is 1.72. The minimum Gasteiger partial charge on any atom is -0.368 e. The summed E-state index contributed by atoms with van der Waals surface area (Å²) in [4.78, 5) is 15.0. The maximum Gasteiger partial charge on any atom is 0.226 e. The number of aliphatic imine (C=N–C) groups is 2. The predicted molar refractivity (Wildman–Crippen MR) is 92.6 cm³/mol. The molecule has 1 aliphatic rings. The van der Waals surface area contributed by atoms with Crippen LogP contribution in [0.5, 0.6) is 0 Å². The molecule has 1 aromatic rings. The summed E-state index contributed by atoms with van der Waals surface area (Å²) in [6, 6.07) is 10.2. The molecule has 0 saturated carbocycles. The Kier molecular flexibility index (Phi) is 6.50. The van der Waals surface area contributed by atoms with Crippen LogP contribution in [0, 0.1) is 0 Å². The Hall–Kier alpha value is -1.25. The van der Waals surface area contributed by atoms with Crippen LogP contribution in [-0.2, 0) is 4.84 Å². The molecule has 116 valence electrons. The molecule has 0 fully saturated rings. The van der Waals surface area contributed by atoms with Gasteiger partial charge in [-0.05, 0) is 26.0 Å². The van der Waals surface area contributed by atoms with Gasteiger partial charge in [0.05, 0.1) is 6.61 Å². The van der Waals surface area contributed by atoms with E-state index in [-0.39, 0.29) is 28.9 Å². The molecule has 21 heavy (non-hydrogen) atoms. The maximum absolute atomic E-state index is 5.82. The SMILES string of the molecule is Br.CC1(C)N=C(N)N=C(N)N1OCCSc1ccccc1. The van der Waals surface area contributed by atoms with Gasteiger partial charge in [0.15, 0.2) is 5.66 Å². The molecule has 0 radical (unpaired) electrons. The monoisotopic (exact) mass is 373 g/mol. The van der Waals surface area contributed by atoms with Crippen molar-refractivity contribution in [3.05, 3.63) is 30.3 Å². The highest BCUT2D eigenvalue weighted by Gasteiger charge is 2.32. The molecule has 0 aliphatic carbocycles. The van der Waals surface area contributed by atoms with Crippen molar-refractivity contribution >= 4 is 40.7 Å². The molecule has 0 bridgehead atoms. The number of nitrogens with two attached hydrogens (primary N) is 2. The van der Waals surface area contributed by atoms with Crippen LogP contribution in [0.2, 0.25) is 0 Å². The molecule has 4 N–H and O–H groups in total. The Morgan fingerprint density at radius 3 is 2.52 bits per heavy atom. The van der Waals surface area contributed by atoms with E-state index in [2.05, 4.69) is 22.1 Å². The van der Waals surface area contributed by atoms with Crippen molar-refractivity contribution in [3.8, 4) is 0 Å².